The van der Waals surface area contributed by atoms with Crippen LogP contribution in [0, 0.1) is 0 Å². The first-order chi connectivity index (χ1) is 6.94. The Morgan fingerprint density at radius 1 is 1.31 bits per heavy atom. The molecular weight excluding hydrogens is 225 g/mol. The van der Waals surface area contributed by atoms with Crippen LogP contribution in [0.3, 0.4) is 0 Å². The highest BCUT2D eigenvalue weighted by Gasteiger charge is 2.54. The van der Waals surface area contributed by atoms with Crippen LogP contribution in [0.15, 0.2) is 0 Å². The Morgan fingerprint density at radius 2 is 1.75 bits per heavy atom. The summed E-state index contributed by atoms with van der Waals surface area (Å²) in [5.74, 6) is -1.28. The van der Waals surface area contributed by atoms with Gasteiger partial charge in [0.05, 0.1) is 12.1 Å². The molecule has 3 N–H and O–H groups in total. The predicted octanol–water partition coefficient (Wildman–Crippen LogP) is 0.807. The summed E-state index contributed by atoms with van der Waals surface area (Å²) in [7, 11) is 1.39. The van der Waals surface area contributed by atoms with Crippen molar-refractivity contribution >= 4 is 5.91 Å². The van der Waals surface area contributed by atoms with Gasteiger partial charge in [-0.1, -0.05) is 0 Å². The van der Waals surface area contributed by atoms with Crippen molar-refractivity contribution in [2.45, 2.75) is 38.0 Å². The number of ether oxygens (including phenoxy) is 1. The summed E-state index contributed by atoms with van der Waals surface area (Å²) in [6.45, 7) is 3.81. The molecule has 4 nitrogen and oxygen atoms in total. The minimum Gasteiger partial charge on any atom is -0.382 e. The van der Waals surface area contributed by atoms with E-state index in [1.165, 1.54) is 7.11 Å². The number of amides is 1. The van der Waals surface area contributed by atoms with Crippen LogP contribution in [-0.4, -0.2) is 36.9 Å². The lowest BCUT2D eigenvalue weighted by atomic mass is 9.99. The number of carbonyl (C=O) groups is 1. The number of methoxy groups -OCH3 is 1. The predicted molar refractivity (Wildman–Crippen MR) is 52.7 cm³/mol. The molecule has 0 aliphatic carbocycles. The van der Waals surface area contributed by atoms with E-state index in [4.69, 9.17) is 10.5 Å². The van der Waals surface area contributed by atoms with Gasteiger partial charge in [0, 0.05) is 7.11 Å². The van der Waals surface area contributed by atoms with Gasteiger partial charge < -0.3 is 15.8 Å². The highest BCUT2D eigenvalue weighted by molar-refractivity contribution is 5.87. The zero-order chi connectivity index (χ0) is 13.2. The van der Waals surface area contributed by atoms with E-state index in [0.29, 0.717) is 6.92 Å². The van der Waals surface area contributed by atoms with Gasteiger partial charge in [0.1, 0.15) is 0 Å². The van der Waals surface area contributed by atoms with Crippen LogP contribution in [0.25, 0.3) is 0 Å². The van der Waals surface area contributed by atoms with E-state index < -0.39 is 23.2 Å². The number of halogens is 3. The standard InChI is InChI=1S/C9H17F3N2O2/c1-7(2,5-16-4)14-6(15)8(3,13)9(10,11)12/h5,13H2,1-4H3,(H,14,15). The number of nitrogens with one attached hydrogen (secondary N) is 1. The number of hydrogen-bond acceptors (Lipinski definition) is 3. The number of hydrogen-bond donors (Lipinski definition) is 2. The molecule has 0 aromatic heterocycles. The molecule has 0 spiro atoms. The van der Waals surface area contributed by atoms with Crippen molar-refractivity contribution in [2.24, 2.45) is 5.73 Å². The number of rotatable bonds is 4. The highest BCUT2D eigenvalue weighted by atomic mass is 19.4. The number of nitrogens with two attached hydrogens (primary N) is 1. The molecule has 0 aromatic carbocycles. The molecule has 0 aliphatic rings. The van der Waals surface area contributed by atoms with Crippen molar-refractivity contribution in [3.63, 3.8) is 0 Å². The third-order valence-corrected chi connectivity index (χ3v) is 2.02. The van der Waals surface area contributed by atoms with Crippen LogP contribution < -0.4 is 11.1 Å². The zero-order valence-electron chi connectivity index (χ0n) is 9.73. The molecule has 96 valence electrons. The second-order valence-electron chi connectivity index (χ2n) is 4.47. The lowest BCUT2D eigenvalue weighted by Gasteiger charge is -2.32. The second kappa shape index (κ2) is 4.58. The summed E-state index contributed by atoms with van der Waals surface area (Å²) in [5, 5.41) is 2.20. The van der Waals surface area contributed by atoms with Gasteiger partial charge in [0.15, 0.2) is 5.54 Å². The van der Waals surface area contributed by atoms with Crippen LogP contribution in [-0.2, 0) is 9.53 Å². The molecule has 0 fully saturated rings. The van der Waals surface area contributed by atoms with Crippen molar-refractivity contribution in [3.8, 4) is 0 Å². The molecule has 1 unspecified atom stereocenters. The third kappa shape index (κ3) is 3.64. The maximum atomic E-state index is 12.4. The van der Waals surface area contributed by atoms with Gasteiger partial charge in [-0.2, -0.15) is 13.2 Å². The Bertz CT molecular complexity index is 262. The Balaban J connectivity index is 4.71. The molecule has 0 saturated heterocycles. The molecule has 7 heteroatoms. The lowest BCUT2D eigenvalue weighted by Crippen LogP contribution is -2.65. The zero-order valence-corrected chi connectivity index (χ0v) is 9.73. The van der Waals surface area contributed by atoms with Crippen LogP contribution in [0.2, 0.25) is 0 Å². The molecule has 0 aromatic rings. The molecule has 0 rings (SSSR count). The minimum atomic E-state index is -4.79. The van der Waals surface area contributed by atoms with Crippen molar-refractivity contribution in [1.82, 2.24) is 5.32 Å². The molecule has 0 aliphatic heterocycles. The fourth-order valence-electron chi connectivity index (χ4n) is 0.963. The Morgan fingerprint density at radius 3 is 2.06 bits per heavy atom. The molecule has 0 heterocycles. The van der Waals surface area contributed by atoms with Crippen molar-refractivity contribution < 1.29 is 22.7 Å². The third-order valence-electron chi connectivity index (χ3n) is 2.02. The summed E-state index contributed by atoms with van der Waals surface area (Å²) in [4.78, 5) is 11.4. The molecule has 0 bridgehead atoms. The fourth-order valence-corrected chi connectivity index (χ4v) is 0.963. The van der Waals surface area contributed by atoms with Crippen molar-refractivity contribution in [1.29, 1.82) is 0 Å². The fraction of sp³-hybridized carbons (Fsp3) is 0.889. The average molecular weight is 242 g/mol. The quantitative estimate of drug-likeness (QED) is 0.766. The SMILES string of the molecule is COCC(C)(C)NC(=O)C(C)(N)C(F)(F)F. The first-order valence-corrected chi connectivity index (χ1v) is 4.61. The highest BCUT2D eigenvalue weighted by Crippen LogP contribution is 2.28. The summed E-state index contributed by atoms with van der Waals surface area (Å²) in [5.41, 5.74) is 1.15. The van der Waals surface area contributed by atoms with Crippen LogP contribution in [0.5, 0.6) is 0 Å². The van der Waals surface area contributed by atoms with Gasteiger partial charge in [-0.05, 0) is 20.8 Å². The van der Waals surface area contributed by atoms with Gasteiger partial charge in [-0.3, -0.25) is 4.79 Å². The largest absolute Gasteiger partial charge is 0.415 e. The lowest BCUT2D eigenvalue weighted by molar-refractivity contribution is -0.188. The first-order valence-electron chi connectivity index (χ1n) is 4.61. The number of alkyl halides is 3. The number of carbonyl (C=O) groups excluding carboxylic acids is 1. The van der Waals surface area contributed by atoms with Gasteiger partial charge in [0.2, 0.25) is 5.91 Å². The van der Waals surface area contributed by atoms with Crippen molar-refractivity contribution in [3.05, 3.63) is 0 Å². The minimum absolute atomic E-state index is 0.0900. The molecule has 16 heavy (non-hydrogen) atoms. The van der Waals surface area contributed by atoms with Gasteiger partial charge in [-0.15, -0.1) is 0 Å². The van der Waals surface area contributed by atoms with E-state index in [1.54, 1.807) is 13.8 Å². The van der Waals surface area contributed by atoms with E-state index in [1.807, 2.05) is 0 Å². The first kappa shape index (κ1) is 15.2. The van der Waals surface area contributed by atoms with Gasteiger partial charge in [0.25, 0.3) is 0 Å². The van der Waals surface area contributed by atoms with Crippen LogP contribution in [0.4, 0.5) is 13.2 Å². The van der Waals surface area contributed by atoms with Gasteiger partial charge >= 0.3 is 6.18 Å². The van der Waals surface area contributed by atoms with Crippen LogP contribution >= 0.6 is 0 Å². The smallest absolute Gasteiger partial charge is 0.382 e. The maximum Gasteiger partial charge on any atom is 0.415 e. The summed E-state index contributed by atoms with van der Waals surface area (Å²) >= 11 is 0. The average Bonchev–Trinajstić information content (AvgIpc) is 2.00. The van der Waals surface area contributed by atoms with Crippen LogP contribution in [0.1, 0.15) is 20.8 Å². The van der Waals surface area contributed by atoms with E-state index in [9.17, 15) is 18.0 Å². The summed E-state index contributed by atoms with van der Waals surface area (Å²) < 4.78 is 42.1. The molecular formula is C9H17F3N2O2. The van der Waals surface area contributed by atoms with Gasteiger partial charge in [-0.25, -0.2) is 0 Å². The molecule has 0 radical (unpaired) electrons. The van der Waals surface area contributed by atoms with E-state index >= 15 is 0 Å². The summed E-state index contributed by atoms with van der Waals surface area (Å²) in [6.07, 6.45) is -4.79. The van der Waals surface area contributed by atoms with E-state index in [-0.39, 0.29) is 6.61 Å². The Hall–Kier alpha value is -0.820. The molecule has 1 atom stereocenters. The van der Waals surface area contributed by atoms with Crippen molar-refractivity contribution in [2.75, 3.05) is 13.7 Å². The van der Waals surface area contributed by atoms with E-state index in [2.05, 4.69) is 5.32 Å². The normalized spacial score (nSPS) is 16.8. The molecule has 0 saturated carbocycles. The topological polar surface area (TPSA) is 64.3 Å². The Labute approximate surface area is 92.3 Å². The second-order valence-corrected chi connectivity index (χ2v) is 4.47. The maximum absolute atomic E-state index is 12.4. The molecule has 1 amide bonds. The monoisotopic (exact) mass is 242 g/mol. The van der Waals surface area contributed by atoms with E-state index in [0.717, 1.165) is 0 Å². The Kier molecular flexibility index (Phi) is 4.35. The summed E-state index contributed by atoms with van der Waals surface area (Å²) in [6, 6.07) is 0.